The molecular formula is C26H28ClN2+. The van der Waals surface area contributed by atoms with Crippen molar-refractivity contribution in [1.29, 1.82) is 0 Å². The van der Waals surface area contributed by atoms with Crippen LogP contribution in [-0.2, 0) is 5.41 Å². The molecule has 2 aromatic carbocycles. The van der Waals surface area contributed by atoms with Crippen molar-refractivity contribution >= 4 is 28.7 Å². The Labute approximate surface area is 178 Å². The van der Waals surface area contributed by atoms with Gasteiger partial charge in [-0.1, -0.05) is 54.1 Å². The highest BCUT2D eigenvalue weighted by Gasteiger charge is 2.43. The molecule has 148 valence electrons. The van der Waals surface area contributed by atoms with Gasteiger partial charge in [-0.15, -0.1) is 0 Å². The predicted octanol–water partition coefficient (Wildman–Crippen LogP) is 6.92. The lowest BCUT2D eigenvalue weighted by molar-refractivity contribution is -0.433. The van der Waals surface area contributed by atoms with Crippen molar-refractivity contribution in [1.82, 2.24) is 0 Å². The molecule has 0 radical (unpaired) electrons. The number of anilines is 1. The summed E-state index contributed by atoms with van der Waals surface area (Å²) in [6.07, 6.45) is 8.48. The van der Waals surface area contributed by atoms with Crippen LogP contribution in [0.4, 0.5) is 11.4 Å². The lowest BCUT2D eigenvalue weighted by atomic mass is 9.81. The molecule has 4 rings (SSSR count). The van der Waals surface area contributed by atoms with Crippen LogP contribution in [0.15, 0.2) is 89.1 Å². The van der Waals surface area contributed by atoms with Crippen LogP contribution >= 0.6 is 11.6 Å². The molecule has 0 saturated carbocycles. The van der Waals surface area contributed by atoms with E-state index in [0.717, 1.165) is 30.1 Å². The van der Waals surface area contributed by atoms with Crippen LogP contribution in [0.3, 0.4) is 0 Å². The van der Waals surface area contributed by atoms with Gasteiger partial charge in [0.25, 0.3) is 0 Å². The SMILES string of the molecule is CC[N+]1=C(C=CC2=C(Cl)C(=CNc3ccccc3)CC2)C(C)(C)c2ccccc21. The zero-order chi connectivity index (χ0) is 20.4. The van der Waals surface area contributed by atoms with E-state index < -0.39 is 0 Å². The molecule has 0 bridgehead atoms. The number of para-hydroxylation sites is 2. The maximum absolute atomic E-state index is 6.72. The summed E-state index contributed by atoms with van der Waals surface area (Å²) in [5, 5.41) is 4.23. The molecule has 1 heterocycles. The summed E-state index contributed by atoms with van der Waals surface area (Å²) in [5.41, 5.74) is 7.48. The minimum absolute atomic E-state index is 0.0116. The third-order valence-corrected chi connectivity index (χ3v) is 6.46. The Morgan fingerprint density at radius 3 is 2.48 bits per heavy atom. The second-order valence-corrected chi connectivity index (χ2v) is 8.50. The Morgan fingerprint density at radius 1 is 1.00 bits per heavy atom. The van der Waals surface area contributed by atoms with Gasteiger partial charge in [0.05, 0.1) is 5.41 Å². The molecule has 0 saturated heterocycles. The van der Waals surface area contributed by atoms with Gasteiger partial charge in [0.1, 0.15) is 6.54 Å². The molecule has 2 aromatic rings. The van der Waals surface area contributed by atoms with Crippen molar-refractivity contribution in [3.05, 3.63) is 94.7 Å². The normalized spacial score (nSPS) is 19.5. The van der Waals surface area contributed by atoms with Crippen LogP contribution in [-0.4, -0.2) is 16.8 Å². The maximum Gasteiger partial charge on any atom is 0.209 e. The van der Waals surface area contributed by atoms with Crippen molar-refractivity contribution in [3.63, 3.8) is 0 Å². The molecule has 29 heavy (non-hydrogen) atoms. The van der Waals surface area contributed by atoms with Crippen LogP contribution in [0.25, 0.3) is 0 Å². The van der Waals surface area contributed by atoms with Crippen molar-refractivity contribution in [2.75, 3.05) is 11.9 Å². The van der Waals surface area contributed by atoms with Gasteiger partial charge in [-0.05, 0) is 56.9 Å². The monoisotopic (exact) mass is 403 g/mol. The number of halogens is 1. The number of nitrogens with zero attached hydrogens (tertiary/aromatic N) is 1. The van der Waals surface area contributed by atoms with Crippen molar-refractivity contribution in [3.8, 4) is 0 Å². The molecule has 0 spiro atoms. The molecule has 1 N–H and O–H groups in total. The smallest absolute Gasteiger partial charge is 0.209 e. The molecule has 1 aliphatic heterocycles. The number of fused-ring (bicyclic) bond motifs is 1. The maximum atomic E-state index is 6.72. The molecule has 0 aromatic heterocycles. The van der Waals surface area contributed by atoms with Gasteiger partial charge in [0.15, 0.2) is 5.71 Å². The van der Waals surface area contributed by atoms with E-state index >= 15 is 0 Å². The van der Waals surface area contributed by atoms with Crippen LogP contribution in [0, 0.1) is 0 Å². The highest BCUT2D eigenvalue weighted by molar-refractivity contribution is 6.33. The van der Waals surface area contributed by atoms with Gasteiger partial charge in [-0.2, -0.15) is 4.58 Å². The molecule has 1 aliphatic carbocycles. The van der Waals surface area contributed by atoms with Crippen molar-refractivity contribution < 1.29 is 4.58 Å². The number of allylic oxidation sites excluding steroid dienone is 5. The summed E-state index contributed by atoms with van der Waals surface area (Å²) < 4.78 is 2.42. The van der Waals surface area contributed by atoms with Crippen molar-refractivity contribution in [2.45, 2.75) is 39.0 Å². The Kier molecular flexibility index (Phi) is 5.47. The lowest BCUT2D eigenvalue weighted by Crippen LogP contribution is -2.27. The summed E-state index contributed by atoms with van der Waals surface area (Å²) in [4.78, 5) is 0. The first-order chi connectivity index (χ1) is 14.0. The van der Waals surface area contributed by atoms with E-state index in [1.54, 1.807) is 0 Å². The largest absolute Gasteiger partial charge is 0.361 e. The highest BCUT2D eigenvalue weighted by Crippen LogP contribution is 2.40. The van der Waals surface area contributed by atoms with E-state index in [9.17, 15) is 0 Å². The molecule has 2 nitrogen and oxygen atoms in total. The Balaban J connectivity index is 1.60. The second-order valence-electron chi connectivity index (χ2n) is 8.12. The van der Waals surface area contributed by atoms with E-state index in [1.807, 2.05) is 24.4 Å². The number of hydrogen-bond acceptors (Lipinski definition) is 1. The molecular weight excluding hydrogens is 376 g/mol. The first-order valence-corrected chi connectivity index (χ1v) is 10.7. The standard InChI is InChI=1S/C26H27ClN2/c1-4-29-23-13-9-8-12-22(23)26(2,3)24(29)17-16-19-14-15-20(25(19)27)18-28-21-10-6-5-7-11-21/h5-13,16-18H,4,14-15H2,1-3H3/p+1. The summed E-state index contributed by atoms with van der Waals surface area (Å²) in [5.74, 6) is 0. The first kappa shape index (κ1) is 19.7. The van der Waals surface area contributed by atoms with Crippen LogP contribution < -0.4 is 5.32 Å². The van der Waals surface area contributed by atoms with E-state index in [4.69, 9.17) is 11.6 Å². The van der Waals surface area contributed by atoms with Gasteiger partial charge in [0, 0.05) is 34.6 Å². The van der Waals surface area contributed by atoms with Crippen LogP contribution in [0.1, 0.15) is 39.2 Å². The van der Waals surface area contributed by atoms with Crippen molar-refractivity contribution in [2.24, 2.45) is 0 Å². The molecule has 3 heteroatoms. The zero-order valence-electron chi connectivity index (χ0n) is 17.4. The minimum Gasteiger partial charge on any atom is -0.361 e. The third kappa shape index (κ3) is 3.70. The lowest BCUT2D eigenvalue weighted by Gasteiger charge is -2.15. The van der Waals surface area contributed by atoms with Gasteiger partial charge >= 0.3 is 0 Å². The predicted molar refractivity (Wildman–Crippen MR) is 124 cm³/mol. The van der Waals surface area contributed by atoms with Gasteiger partial charge in [0.2, 0.25) is 5.69 Å². The van der Waals surface area contributed by atoms with E-state index in [0.29, 0.717) is 0 Å². The van der Waals surface area contributed by atoms with Crippen LogP contribution in [0.2, 0.25) is 0 Å². The van der Waals surface area contributed by atoms with Gasteiger partial charge in [-0.3, -0.25) is 0 Å². The summed E-state index contributed by atoms with van der Waals surface area (Å²) in [7, 11) is 0. The summed E-state index contributed by atoms with van der Waals surface area (Å²) in [6, 6.07) is 18.9. The Bertz CT molecular complexity index is 1040. The highest BCUT2D eigenvalue weighted by atomic mass is 35.5. The molecule has 0 unspecified atom stereocenters. The molecule has 0 fully saturated rings. The first-order valence-electron chi connectivity index (χ1n) is 10.3. The minimum atomic E-state index is -0.0116. The van der Waals surface area contributed by atoms with E-state index in [2.05, 4.69) is 79.2 Å². The van der Waals surface area contributed by atoms with Gasteiger partial charge < -0.3 is 5.32 Å². The zero-order valence-corrected chi connectivity index (χ0v) is 18.1. The second kappa shape index (κ2) is 8.04. The number of nitrogens with one attached hydrogen (secondary N) is 1. The van der Waals surface area contributed by atoms with E-state index in [1.165, 1.54) is 28.1 Å². The Hall–Kier alpha value is -2.58. The topological polar surface area (TPSA) is 15.0 Å². The Morgan fingerprint density at radius 2 is 1.72 bits per heavy atom. The molecule has 2 aliphatic rings. The average molecular weight is 404 g/mol. The summed E-state index contributed by atoms with van der Waals surface area (Å²) >= 11 is 6.72. The third-order valence-electron chi connectivity index (χ3n) is 5.97. The molecule has 0 atom stereocenters. The average Bonchev–Trinajstić information content (AvgIpc) is 3.19. The van der Waals surface area contributed by atoms with E-state index in [-0.39, 0.29) is 5.41 Å². The summed E-state index contributed by atoms with van der Waals surface area (Å²) in [6.45, 7) is 7.78. The fourth-order valence-corrected chi connectivity index (χ4v) is 4.66. The quantitative estimate of drug-likeness (QED) is 0.535. The number of rotatable bonds is 5. The number of benzene rings is 2. The van der Waals surface area contributed by atoms with Crippen LogP contribution in [0.5, 0.6) is 0 Å². The van der Waals surface area contributed by atoms with Gasteiger partial charge in [-0.25, -0.2) is 0 Å². The fourth-order valence-electron chi connectivity index (χ4n) is 4.35. The fraction of sp³-hybridized carbons (Fsp3) is 0.269. The molecule has 0 amide bonds. The number of hydrogen-bond donors (Lipinski definition) is 1.